The highest BCUT2D eigenvalue weighted by Crippen LogP contribution is 2.11. The Hall–Kier alpha value is -1.35. The first kappa shape index (κ1) is 14.7. The number of unbranched alkanes of at least 4 members (excludes halogenated alkanes) is 1. The maximum absolute atomic E-state index is 11.0. The fourth-order valence-corrected chi connectivity index (χ4v) is 1.80. The fourth-order valence-electron chi connectivity index (χ4n) is 1.80. The summed E-state index contributed by atoms with van der Waals surface area (Å²) in [5.74, 6) is 1.09. The molecule has 18 heavy (non-hydrogen) atoms. The van der Waals surface area contributed by atoms with E-state index in [0.717, 1.165) is 25.0 Å². The number of ketones is 1. The molecule has 0 radical (unpaired) electrons. The number of carbonyl (C=O) groups is 1. The number of rotatable bonds is 9. The second-order valence-corrected chi connectivity index (χ2v) is 4.42. The molecule has 3 heteroatoms. The molecule has 0 saturated heterocycles. The summed E-state index contributed by atoms with van der Waals surface area (Å²) in [6.07, 6.45) is 3.47. The molecule has 1 aromatic carbocycles. The number of carbonyl (C=O) groups excluding carboxylic acids is 1. The highest BCUT2D eigenvalue weighted by atomic mass is 16.5. The number of hydrogen-bond donors (Lipinski definition) is 0. The lowest BCUT2D eigenvalue weighted by atomic mass is 10.1. The summed E-state index contributed by atoms with van der Waals surface area (Å²) in [6, 6.07) is 9.80. The van der Waals surface area contributed by atoms with Gasteiger partial charge in [0.1, 0.15) is 11.5 Å². The first-order chi connectivity index (χ1) is 8.72. The highest BCUT2D eigenvalue weighted by molar-refractivity contribution is 5.75. The molecule has 0 aliphatic carbocycles. The number of methoxy groups -OCH3 is 1. The second-order valence-electron chi connectivity index (χ2n) is 4.42. The smallest absolute Gasteiger partial charge is 0.132 e. The van der Waals surface area contributed by atoms with Crippen LogP contribution in [0, 0.1) is 0 Å². The number of Topliss-reactive ketones (excluding diaryl/α,β-unsaturated/α-hetero) is 1. The van der Waals surface area contributed by atoms with Crippen molar-refractivity contribution in [2.75, 3.05) is 13.7 Å². The molecule has 0 N–H and O–H groups in total. The molecule has 0 saturated carbocycles. The number of ether oxygens (including phenoxy) is 2. The molecule has 1 aromatic rings. The molecule has 0 bridgehead atoms. The van der Waals surface area contributed by atoms with E-state index in [0.29, 0.717) is 13.0 Å². The van der Waals surface area contributed by atoms with Crippen molar-refractivity contribution < 1.29 is 14.3 Å². The number of hydrogen-bond acceptors (Lipinski definition) is 3. The molecular formula is C15H22O3. The van der Waals surface area contributed by atoms with Crippen LogP contribution >= 0.6 is 0 Å². The monoisotopic (exact) mass is 250 g/mol. The molecule has 0 spiro atoms. The summed E-state index contributed by atoms with van der Waals surface area (Å²) in [6.45, 7) is 2.31. The Labute approximate surface area is 109 Å². The van der Waals surface area contributed by atoms with Crippen molar-refractivity contribution in [2.45, 2.75) is 38.7 Å². The van der Waals surface area contributed by atoms with Crippen LogP contribution in [0.2, 0.25) is 0 Å². The summed E-state index contributed by atoms with van der Waals surface area (Å²) in [7, 11) is 1.66. The molecule has 0 fully saturated rings. The van der Waals surface area contributed by atoms with Gasteiger partial charge in [-0.05, 0) is 38.3 Å². The van der Waals surface area contributed by atoms with Crippen molar-refractivity contribution in [3.63, 3.8) is 0 Å². The number of benzene rings is 1. The lowest BCUT2D eigenvalue weighted by Gasteiger charge is -2.13. The Morgan fingerprint density at radius 2 is 1.94 bits per heavy atom. The molecule has 1 atom stereocenters. The van der Waals surface area contributed by atoms with Crippen LogP contribution < -0.4 is 4.74 Å². The summed E-state index contributed by atoms with van der Waals surface area (Å²) < 4.78 is 10.9. The standard InChI is InChI=1S/C15H22O3/c1-13(16)12-15(17-2)10-6-7-11-18-14-8-4-3-5-9-14/h3-5,8-9,15H,6-7,10-12H2,1-2H3. The van der Waals surface area contributed by atoms with Crippen molar-refractivity contribution in [1.82, 2.24) is 0 Å². The van der Waals surface area contributed by atoms with Gasteiger partial charge >= 0.3 is 0 Å². The largest absolute Gasteiger partial charge is 0.494 e. The molecule has 0 aliphatic rings. The van der Waals surface area contributed by atoms with Crippen molar-refractivity contribution in [3.05, 3.63) is 30.3 Å². The third kappa shape index (κ3) is 6.40. The molecule has 0 amide bonds. The summed E-state index contributed by atoms with van der Waals surface area (Å²) in [5.41, 5.74) is 0. The summed E-state index contributed by atoms with van der Waals surface area (Å²) in [5, 5.41) is 0. The Kier molecular flexibility index (Phi) is 7.11. The predicted molar refractivity (Wildman–Crippen MR) is 71.9 cm³/mol. The van der Waals surface area contributed by atoms with E-state index in [1.807, 2.05) is 30.3 Å². The van der Waals surface area contributed by atoms with Crippen molar-refractivity contribution >= 4 is 5.78 Å². The van der Waals surface area contributed by atoms with Gasteiger partial charge in [0.15, 0.2) is 0 Å². The Morgan fingerprint density at radius 1 is 1.22 bits per heavy atom. The number of para-hydroxylation sites is 1. The van der Waals surface area contributed by atoms with Gasteiger partial charge < -0.3 is 9.47 Å². The minimum Gasteiger partial charge on any atom is -0.494 e. The molecule has 0 heterocycles. The van der Waals surface area contributed by atoms with E-state index in [9.17, 15) is 4.79 Å². The molecule has 0 aromatic heterocycles. The molecule has 1 unspecified atom stereocenters. The average molecular weight is 250 g/mol. The SMILES string of the molecule is COC(CCCCOc1ccccc1)CC(C)=O. The summed E-state index contributed by atoms with van der Waals surface area (Å²) in [4.78, 5) is 11.0. The van der Waals surface area contributed by atoms with E-state index in [4.69, 9.17) is 9.47 Å². The van der Waals surface area contributed by atoms with Crippen LogP contribution in [0.25, 0.3) is 0 Å². The molecule has 3 nitrogen and oxygen atoms in total. The zero-order chi connectivity index (χ0) is 13.2. The van der Waals surface area contributed by atoms with Crippen molar-refractivity contribution in [3.8, 4) is 5.75 Å². The van der Waals surface area contributed by atoms with Gasteiger partial charge in [0, 0.05) is 13.5 Å². The third-order valence-electron chi connectivity index (χ3n) is 2.78. The van der Waals surface area contributed by atoms with Gasteiger partial charge in [-0.15, -0.1) is 0 Å². The van der Waals surface area contributed by atoms with Crippen molar-refractivity contribution in [1.29, 1.82) is 0 Å². The lowest BCUT2D eigenvalue weighted by Crippen LogP contribution is -2.14. The van der Waals surface area contributed by atoms with Crippen LogP contribution in [0.1, 0.15) is 32.6 Å². The van der Waals surface area contributed by atoms with Crippen LogP contribution in [0.4, 0.5) is 0 Å². The lowest BCUT2D eigenvalue weighted by molar-refractivity contribution is -0.119. The first-order valence-corrected chi connectivity index (χ1v) is 6.42. The van der Waals surface area contributed by atoms with E-state index in [1.165, 1.54) is 0 Å². The van der Waals surface area contributed by atoms with Gasteiger partial charge in [-0.25, -0.2) is 0 Å². The Morgan fingerprint density at radius 3 is 2.56 bits per heavy atom. The minimum atomic E-state index is 0.0548. The van der Waals surface area contributed by atoms with Crippen LogP contribution in [0.5, 0.6) is 5.75 Å². The molecule has 0 aliphatic heterocycles. The fraction of sp³-hybridized carbons (Fsp3) is 0.533. The van der Waals surface area contributed by atoms with E-state index in [-0.39, 0.29) is 11.9 Å². The third-order valence-corrected chi connectivity index (χ3v) is 2.78. The summed E-state index contributed by atoms with van der Waals surface area (Å²) >= 11 is 0. The van der Waals surface area contributed by atoms with Gasteiger partial charge in [-0.2, -0.15) is 0 Å². The van der Waals surface area contributed by atoms with Crippen LogP contribution in [-0.4, -0.2) is 25.6 Å². The van der Waals surface area contributed by atoms with E-state index < -0.39 is 0 Å². The highest BCUT2D eigenvalue weighted by Gasteiger charge is 2.09. The average Bonchev–Trinajstić information content (AvgIpc) is 2.37. The molecular weight excluding hydrogens is 228 g/mol. The quantitative estimate of drug-likeness (QED) is 0.631. The maximum Gasteiger partial charge on any atom is 0.132 e. The minimum absolute atomic E-state index is 0.0548. The zero-order valence-corrected chi connectivity index (χ0v) is 11.2. The van der Waals surface area contributed by atoms with Crippen LogP contribution in [0.3, 0.4) is 0 Å². The van der Waals surface area contributed by atoms with Gasteiger partial charge in [-0.1, -0.05) is 18.2 Å². The topological polar surface area (TPSA) is 35.5 Å². The van der Waals surface area contributed by atoms with E-state index in [1.54, 1.807) is 14.0 Å². The van der Waals surface area contributed by atoms with Crippen LogP contribution in [0.15, 0.2) is 30.3 Å². The van der Waals surface area contributed by atoms with E-state index >= 15 is 0 Å². The Balaban J connectivity index is 2.09. The van der Waals surface area contributed by atoms with Crippen molar-refractivity contribution in [2.24, 2.45) is 0 Å². The van der Waals surface area contributed by atoms with Gasteiger partial charge in [0.05, 0.1) is 12.7 Å². The van der Waals surface area contributed by atoms with E-state index in [2.05, 4.69) is 0 Å². The van der Waals surface area contributed by atoms with Gasteiger partial charge in [-0.3, -0.25) is 4.79 Å². The van der Waals surface area contributed by atoms with Gasteiger partial charge in [0.25, 0.3) is 0 Å². The molecule has 100 valence electrons. The van der Waals surface area contributed by atoms with Gasteiger partial charge in [0.2, 0.25) is 0 Å². The first-order valence-electron chi connectivity index (χ1n) is 6.42. The zero-order valence-electron chi connectivity index (χ0n) is 11.2. The Bertz CT molecular complexity index is 335. The molecule has 1 rings (SSSR count). The second kappa shape index (κ2) is 8.70. The predicted octanol–water partition coefficient (Wildman–Crippen LogP) is 3.23. The van der Waals surface area contributed by atoms with Crippen LogP contribution in [-0.2, 0) is 9.53 Å². The maximum atomic E-state index is 11.0. The normalized spacial score (nSPS) is 12.1.